The van der Waals surface area contributed by atoms with E-state index in [1.54, 1.807) is 19.0 Å². The Labute approximate surface area is 153 Å². The number of piperazine rings is 1. The first-order chi connectivity index (χ1) is 12.3. The van der Waals surface area contributed by atoms with Gasteiger partial charge in [0.1, 0.15) is 17.4 Å². The normalized spacial score (nSPS) is 17.5. The fourth-order valence-corrected chi connectivity index (χ4v) is 3.40. The van der Waals surface area contributed by atoms with E-state index in [1.807, 2.05) is 31.7 Å². The third kappa shape index (κ3) is 3.36. The van der Waals surface area contributed by atoms with Gasteiger partial charge in [0.2, 0.25) is 0 Å². The maximum atomic E-state index is 12.3. The molecule has 0 saturated carbocycles. The molecule has 0 aliphatic carbocycles. The van der Waals surface area contributed by atoms with Gasteiger partial charge in [0, 0.05) is 45.8 Å². The average molecular weight is 358 g/mol. The first-order valence-electron chi connectivity index (χ1n) is 8.79. The van der Waals surface area contributed by atoms with E-state index < -0.39 is 0 Å². The topological polar surface area (TPSA) is 78.6 Å². The molecule has 2 amide bonds. The maximum Gasteiger partial charge on any atom is 0.319 e. The summed E-state index contributed by atoms with van der Waals surface area (Å²) in [7, 11) is 3.57. The molecule has 2 aromatic heterocycles. The van der Waals surface area contributed by atoms with Crippen molar-refractivity contribution in [1.29, 1.82) is 0 Å². The van der Waals surface area contributed by atoms with Crippen LogP contribution in [-0.4, -0.2) is 70.7 Å². The predicted molar refractivity (Wildman–Crippen MR) is 99.2 cm³/mol. The minimum absolute atomic E-state index is 0.0485. The quantitative estimate of drug-likeness (QED) is 0.819. The van der Waals surface area contributed by atoms with Gasteiger partial charge in [0.05, 0.1) is 17.0 Å². The molecule has 140 valence electrons. The third-order valence-electron chi connectivity index (χ3n) is 4.69. The molecule has 26 heavy (non-hydrogen) atoms. The van der Waals surface area contributed by atoms with Crippen molar-refractivity contribution >= 4 is 11.8 Å². The van der Waals surface area contributed by atoms with Crippen LogP contribution < -0.4 is 4.90 Å². The van der Waals surface area contributed by atoms with Crippen molar-refractivity contribution in [3.63, 3.8) is 0 Å². The standard InChI is InChI=1S/C18H26N6O2/c1-11-10-23(7-8-24(11)18(25)22(5)6)16-9-15(19-14(4)20-16)17-12(2)21-26-13(17)3/h9,11H,7-8,10H2,1-6H3/t11-/m0/s1. The lowest BCUT2D eigenvalue weighted by atomic mass is 10.1. The molecule has 2 aromatic rings. The van der Waals surface area contributed by atoms with Crippen LogP contribution in [0.1, 0.15) is 24.2 Å². The maximum absolute atomic E-state index is 12.3. The number of aromatic nitrogens is 3. The lowest BCUT2D eigenvalue weighted by Gasteiger charge is -2.41. The fraction of sp³-hybridized carbons (Fsp3) is 0.556. The molecule has 1 saturated heterocycles. The largest absolute Gasteiger partial charge is 0.361 e. The molecule has 8 nitrogen and oxygen atoms in total. The van der Waals surface area contributed by atoms with E-state index in [2.05, 4.69) is 26.9 Å². The zero-order valence-corrected chi connectivity index (χ0v) is 16.3. The zero-order valence-electron chi connectivity index (χ0n) is 16.3. The summed E-state index contributed by atoms with van der Waals surface area (Å²) in [5.74, 6) is 2.33. The van der Waals surface area contributed by atoms with Crippen molar-refractivity contribution in [3.8, 4) is 11.3 Å². The molecule has 0 N–H and O–H groups in total. The molecule has 3 heterocycles. The van der Waals surface area contributed by atoms with Gasteiger partial charge >= 0.3 is 6.03 Å². The highest BCUT2D eigenvalue weighted by Gasteiger charge is 2.29. The highest BCUT2D eigenvalue weighted by atomic mass is 16.5. The highest BCUT2D eigenvalue weighted by Crippen LogP contribution is 2.28. The summed E-state index contributed by atoms with van der Waals surface area (Å²) in [5.41, 5.74) is 2.57. The molecular formula is C18H26N6O2. The Kier molecular flexibility index (Phi) is 4.84. The van der Waals surface area contributed by atoms with Crippen molar-refractivity contribution in [1.82, 2.24) is 24.9 Å². The van der Waals surface area contributed by atoms with Gasteiger partial charge in [0.15, 0.2) is 0 Å². The monoisotopic (exact) mass is 358 g/mol. The van der Waals surface area contributed by atoms with Gasteiger partial charge in [-0.15, -0.1) is 0 Å². The Balaban J connectivity index is 1.86. The molecule has 0 unspecified atom stereocenters. The Bertz CT molecular complexity index is 797. The van der Waals surface area contributed by atoms with Gasteiger partial charge in [-0.2, -0.15) is 0 Å². The summed E-state index contributed by atoms with van der Waals surface area (Å²) in [6, 6.07) is 2.14. The van der Waals surface area contributed by atoms with Crippen molar-refractivity contribution in [2.24, 2.45) is 0 Å². The third-order valence-corrected chi connectivity index (χ3v) is 4.69. The van der Waals surface area contributed by atoms with Crippen LogP contribution in [0.3, 0.4) is 0 Å². The summed E-state index contributed by atoms with van der Waals surface area (Å²) in [6.45, 7) is 9.90. The van der Waals surface area contributed by atoms with E-state index in [1.165, 1.54) is 0 Å². The van der Waals surface area contributed by atoms with Crippen LogP contribution in [-0.2, 0) is 0 Å². The number of carbonyl (C=O) groups excluding carboxylic acids is 1. The highest BCUT2D eigenvalue weighted by molar-refractivity contribution is 5.74. The fourth-order valence-electron chi connectivity index (χ4n) is 3.40. The smallest absolute Gasteiger partial charge is 0.319 e. The summed E-state index contributed by atoms with van der Waals surface area (Å²) in [4.78, 5) is 27.2. The molecule has 1 aliphatic rings. The Morgan fingerprint density at radius 2 is 1.96 bits per heavy atom. The number of aryl methyl sites for hydroxylation is 3. The van der Waals surface area contributed by atoms with Gasteiger partial charge in [0.25, 0.3) is 0 Å². The van der Waals surface area contributed by atoms with Crippen molar-refractivity contribution in [2.75, 3.05) is 38.6 Å². The van der Waals surface area contributed by atoms with Gasteiger partial charge in [-0.1, -0.05) is 5.16 Å². The molecule has 8 heteroatoms. The van der Waals surface area contributed by atoms with Crippen LogP contribution in [0, 0.1) is 20.8 Å². The average Bonchev–Trinajstić information content (AvgIpc) is 2.92. The van der Waals surface area contributed by atoms with Gasteiger partial charge in [-0.25, -0.2) is 14.8 Å². The molecule has 0 aromatic carbocycles. The number of urea groups is 1. The SMILES string of the molecule is Cc1nc(-c2c(C)noc2C)cc(N2CCN(C(=O)N(C)C)[C@@H](C)C2)n1. The minimum atomic E-state index is 0.0485. The molecule has 0 spiro atoms. The summed E-state index contributed by atoms with van der Waals surface area (Å²) < 4.78 is 5.28. The van der Waals surface area contributed by atoms with E-state index in [0.29, 0.717) is 12.4 Å². The van der Waals surface area contributed by atoms with Crippen LogP contribution in [0.4, 0.5) is 10.6 Å². The van der Waals surface area contributed by atoms with Crippen LogP contribution >= 0.6 is 0 Å². The number of hydrogen-bond acceptors (Lipinski definition) is 6. The number of nitrogens with zero attached hydrogens (tertiary/aromatic N) is 6. The van der Waals surface area contributed by atoms with Crippen molar-refractivity contribution in [2.45, 2.75) is 33.7 Å². The Hall–Kier alpha value is -2.64. The number of rotatable bonds is 2. The number of amides is 2. The molecule has 1 atom stereocenters. The second-order valence-electron chi connectivity index (χ2n) is 7.02. The summed E-state index contributed by atoms with van der Waals surface area (Å²) >= 11 is 0. The van der Waals surface area contributed by atoms with E-state index in [4.69, 9.17) is 4.52 Å². The lowest BCUT2D eigenvalue weighted by Crippen LogP contribution is -2.56. The molecule has 0 bridgehead atoms. The van der Waals surface area contributed by atoms with Crippen molar-refractivity contribution < 1.29 is 9.32 Å². The van der Waals surface area contributed by atoms with E-state index in [9.17, 15) is 4.79 Å². The first-order valence-corrected chi connectivity index (χ1v) is 8.79. The Morgan fingerprint density at radius 3 is 2.54 bits per heavy atom. The lowest BCUT2D eigenvalue weighted by molar-refractivity contribution is 0.146. The van der Waals surface area contributed by atoms with E-state index in [-0.39, 0.29) is 12.1 Å². The molecule has 3 rings (SSSR count). The second-order valence-corrected chi connectivity index (χ2v) is 7.02. The minimum Gasteiger partial charge on any atom is -0.361 e. The second kappa shape index (κ2) is 6.93. The van der Waals surface area contributed by atoms with Gasteiger partial charge in [-0.3, -0.25) is 0 Å². The number of anilines is 1. The molecule has 1 fully saturated rings. The van der Waals surface area contributed by atoms with Gasteiger partial charge in [-0.05, 0) is 27.7 Å². The molecule has 0 radical (unpaired) electrons. The summed E-state index contributed by atoms with van der Waals surface area (Å²) in [6.07, 6.45) is 0. The summed E-state index contributed by atoms with van der Waals surface area (Å²) in [5, 5.41) is 4.02. The van der Waals surface area contributed by atoms with E-state index in [0.717, 1.165) is 41.6 Å². The Morgan fingerprint density at radius 1 is 1.23 bits per heavy atom. The number of carbonyl (C=O) groups is 1. The first kappa shape index (κ1) is 18.2. The van der Waals surface area contributed by atoms with Crippen LogP contribution in [0.2, 0.25) is 0 Å². The molecular weight excluding hydrogens is 332 g/mol. The van der Waals surface area contributed by atoms with Crippen LogP contribution in [0.25, 0.3) is 11.3 Å². The number of hydrogen-bond donors (Lipinski definition) is 0. The van der Waals surface area contributed by atoms with Crippen molar-refractivity contribution in [3.05, 3.63) is 23.3 Å². The predicted octanol–water partition coefficient (Wildman–Crippen LogP) is 2.25. The van der Waals surface area contributed by atoms with Gasteiger partial charge < -0.3 is 19.2 Å². The van der Waals surface area contributed by atoms with Crippen LogP contribution in [0.15, 0.2) is 10.6 Å². The van der Waals surface area contributed by atoms with Crippen LogP contribution in [0.5, 0.6) is 0 Å². The van der Waals surface area contributed by atoms with E-state index >= 15 is 0 Å². The molecule has 1 aliphatic heterocycles. The zero-order chi connectivity index (χ0) is 19.0.